The molecule has 3 rings (SSSR count). The van der Waals surface area contributed by atoms with Crippen LogP contribution >= 0.6 is 23.2 Å². The molecule has 0 N–H and O–H groups in total. The van der Waals surface area contributed by atoms with Gasteiger partial charge in [-0.15, -0.1) is 0 Å². The van der Waals surface area contributed by atoms with Crippen LogP contribution in [0.2, 0.25) is 10.0 Å². The van der Waals surface area contributed by atoms with Crippen LogP contribution in [0, 0.1) is 0 Å². The molecule has 1 aliphatic heterocycles. The second-order valence-electron chi connectivity index (χ2n) is 5.72. The molecular formula is C17H21Cl2N3O. The minimum absolute atomic E-state index is 0.0481. The van der Waals surface area contributed by atoms with E-state index in [1.54, 1.807) is 0 Å². The van der Waals surface area contributed by atoms with E-state index < -0.39 is 0 Å². The highest BCUT2D eigenvalue weighted by atomic mass is 35.5. The maximum atomic E-state index is 6.12. The van der Waals surface area contributed by atoms with Crippen LogP contribution in [0.3, 0.4) is 0 Å². The van der Waals surface area contributed by atoms with Gasteiger partial charge in [-0.25, -0.2) is 4.98 Å². The number of hydrogen-bond acceptors (Lipinski definition) is 3. The van der Waals surface area contributed by atoms with Crippen molar-refractivity contribution < 1.29 is 4.74 Å². The lowest BCUT2D eigenvalue weighted by Crippen LogP contribution is -2.40. The fraction of sp³-hybridized carbons (Fsp3) is 0.471. The number of ether oxygens (including phenoxy) is 1. The van der Waals surface area contributed by atoms with Crippen LogP contribution in [0.25, 0.3) is 0 Å². The molecule has 2 heterocycles. The van der Waals surface area contributed by atoms with Crippen LogP contribution < -0.4 is 0 Å². The summed E-state index contributed by atoms with van der Waals surface area (Å²) in [5.41, 5.74) is 1.08. The number of halogens is 2. The fourth-order valence-electron chi connectivity index (χ4n) is 2.93. The lowest BCUT2D eigenvalue weighted by atomic mass is 10.1. The van der Waals surface area contributed by atoms with E-state index in [-0.39, 0.29) is 6.10 Å². The first-order valence-electron chi connectivity index (χ1n) is 7.96. The van der Waals surface area contributed by atoms with E-state index in [9.17, 15) is 0 Å². The van der Waals surface area contributed by atoms with Crippen molar-refractivity contribution in [2.24, 2.45) is 0 Å². The summed E-state index contributed by atoms with van der Waals surface area (Å²) in [5, 5.41) is 1.16. The fourth-order valence-corrected chi connectivity index (χ4v) is 3.23. The summed E-state index contributed by atoms with van der Waals surface area (Å²) < 4.78 is 8.13. The number of hydrogen-bond donors (Lipinski definition) is 0. The van der Waals surface area contributed by atoms with Crippen molar-refractivity contribution in [3.63, 3.8) is 0 Å². The van der Waals surface area contributed by atoms with Crippen molar-refractivity contribution in [3.8, 4) is 0 Å². The monoisotopic (exact) mass is 353 g/mol. The molecule has 1 aromatic carbocycles. The molecule has 23 heavy (non-hydrogen) atoms. The Morgan fingerprint density at radius 2 is 2.13 bits per heavy atom. The largest absolute Gasteiger partial charge is 0.371 e. The van der Waals surface area contributed by atoms with Gasteiger partial charge in [0, 0.05) is 45.0 Å². The standard InChI is InChI=1S/C17H21Cl2N3O/c1-2-17-20-5-6-22(17)8-7-21-9-10-23-16(12-21)13-3-4-14(18)15(19)11-13/h3-6,11,16H,2,7-10,12H2,1H3. The van der Waals surface area contributed by atoms with Crippen molar-refractivity contribution in [1.82, 2.24) is 14.5 Å². The minimum atomic E-state index is 0.0481. The van der Waals surface area contributed by atoms with Gasteiger partial charge < -0.3 is 9.30 Å². The van der Waals surface area contributed by atoms with Crippen LogP contribution in [0.4, 0.5) is 0 Å². The normalized spacial score (nSPS) is 19.2. The Kier molecular flexibility index (Phi) is 5.59. The third-order valence-electron chi connectivity index (χ3n) is 4.24. The first-order valence-corrected chi connectivity index (χ1v) is 8.72. The predicted molar refractivity (Wildman–Crippen MR) is 93.2 cm³/mol. The number of imidazole rings is 1. The molecule has 0 saturated carbocycles. The highest BCUT2D eigenvalue weighted by Crippen LogP contribution is 2.29. The molecule has 1 atom stereocenters. The first kappa shape index (κ1) is 16.8. The molecule has 0 aliphatic carbocycles. The van der Waals surface area contributed by atoms with Gasteiger partial charge >= 0.3 is 0 Å². The lowest BCUT2D eigenvalue weighted by molar-refractivity contribution is -0.0309. The molecule has 0 bridgehead atoms. The first-order chi connectivity index (χ1) is 11.2. The van der Waals surface area contributed by atoms with Gasteiger partial charge in [-0.1, -0.05) is 36.2 Å². The molecule has 0 amide bonds. The molecule has 2 aromatic rings. The van der Waals surface area contributed by atoms with Gasteiger partial charge in [-0.05, 0) is 17.7 Å². The molecule has 0 spiro atoms. The molecule has 124 valence electrons. The number of morpholine rings is 1. The quantitative estimate of drug-likeness (QED) is 0.818. The van der Waals surface area contributed by atoms with E-state index in [1.807, 2.05) is 24.4 Å². The third-order valence-corrected chi connectivity index (χ3v) is 4.98. The Morgan fingerprint density at radius 3 is 2.91 bits per heavy atom. The lowest BCUT2D eigenvalue weighted by Gasteiger charge is -2.33. The number of aromatic nitrogens is 2. The van der Waals surface area contributed by atoms with Crippen LogP contribution in [-0.2, 0) is 17.7 Å². The third kappa shape index (κ3) is 4.07. The SMILES string of the molecule is CCc1nccn1CCN1CCOC(c2ccc(Cl)c(Cl)c2)C1. The Balaban J connectivity index is 1.60. The average Bonchev–Trinajstić information content (AvgIpc) is 3.03. The number of benzene rings is 1. The van der Waals surface area contributed by atoms with Crippen molar-refractivity contribution in [2.45, 2.75) is 26.0 Å². The summed E-state index contributed by atoms with van der Waals surface area (Å²) in [6.07, 6.45) is 4.93. The summed E-state index contributed by atoms with van der Waals surface area (Å²) in [6.45, 7) is 6.63. The molecule has 1 unspecified atom stereocenters. The summed E-state index contributed by atoms with van der Waals surface area (Å²) in [7, 11) is 0. The van der Waals surface area contributed by atoms with Crippen molar-refractivity contribution in [3.05, 3.63) is 52.0 Å². The predicted octanol–water partition coefficient (Wildman–Crippen LogP) is 3.83. The second kappa shape index (κ2) is 7.67. The van der Waals surface area contributed by atoms with Crippen LogP contribution in [0.15, 0.2) is 30.6 Å². The van der Waals surface area contributed by atoms with Crippen molar-refractivity contribution in [2.75, 3.05) is 26.2 Å². The summed E-state index contributed by atoms with van der Waals surface area (Å²) in [6, 6.07) is 5.73. The van der Waals surface area contributed by atoms with Gasteiger partial charge in [0.15, 0.2) is 0 Å². The molecule has 0 radical (unpaired) electrons. The Hall–Kier alpha value is -1.07. The highest BCUT2D eigenvalue weighted by molar-refractivity contribution is 6.42. The van der Waals surface area contributed by atoms with Gasteiger partial charge in [-0.3, -0.25) is 4.90 Å². The van der Waals surface area contributed by atoms with Gasteiger partial charge in [0.1, 0.15) is 5.82 Å². The summed E-state index contributed by atoms with van der Waals surface area (Å²) in [4.78, 5) is 6.80. The number of nitrogens with zero attached hydrogens (tertiary/aromatic N) is 3. The zero-order chi connectivity index (χ0) is 16.2. The van der Waals surface area contributed by atoms with Crippen molar-refractivity contribution >= 4 is 23.2 Å². The second-order valence-corrected chi connectivity index (χ2v) is 6.54. The average molecular weight is 354 g/mol. The zero-order valence-corrected chi connectivity index (χ0v) is 14.7. The zero-order valence-electron chi connectivity index (χ0n) is 13.2. The Labute approximate surface area is 147 Å². The van der Waals surface area contributed by atoms with Crippen LogP contribution in [0.1, 0.15) is 24.4 Å². The van der Waals surface area contributed by atoms with E-state index >= 15 is 0 Å². The molecule has 1 aromatic heterocycles. The number of aryl methyl sites for hydroxylation is 1. The molecule has 1 saturated heterocycles. The Bertz CT molecular complexity index is 659. The molecule has 1 fully saturated rings. The maximum absolute atomic E-state index is 6.12. The minimum Gasteiger partial charge on any atom is -0.371 e. The molecular weight excluding hydrogens is 333 g/mol. The van der Waals surface area contributed by atoms with Crippen molar-refractivity contribution in [1.29, 1.82) is 0 Å². The molecule has 1 aliphatic rings. The van der Waals surface area contributed by atoms with Gasteiger partial charge in [-0.2, -0.15) is 0 Å². The van der Waals surface area contributed by atoms with E-state index in [4.69, 9.17) is 27.9 Å². The van der Waals surface area contributed by atoms with Gasteiger partial charge in [0.05, 0.1) is 22.8 Å². The summed E-state index contributed by atoms with van der Waals surface area (Å²) >= 11 is 12.1. The summed E-state index contributed by atoms with van der Waals surface area (Å²) in [5.74, 6) is 1.14. The topological polar surface area (TPSA) is 30.3 Å². The smallest absolute Gasteiger partial charge is 0.108 e. The van der Waals surface area contributed by atoms with E-state index in [2.05, 4.69) is 27.6 Å². The van der Waals surface area contributed by atoms with E-state index in [0.717, 1.165) is 50.6 Å². The Morgan fingerprint density at radius 1 is 1.26 bits per heavy atom. The van der Waals surface area contributed by atoms with E-state index in [0.29, 0.717) is 10.0 Å². The van der Waals surface area contributed by atoms with Crippen LogP contribution in [-0.4, -0.2) is 40.7 Å². The van der Waals surface area contributed by atoms with Gasteiger partial charge in [0.2, 0.25) is 0 Å². The van der Waals surface area contributed by atoms with Gasteiger partial charge in [0.25, 0.3) is 0 Å². The molecule has 6 heteroatoms. The van der Waals surface area contributed by atoms with Crippen LogP contribution in [0.5, 0.6) is 0 Å². The molecule has 4 nitrogen and oxygen atoms in total. The number of rotatable bonds is 5. The van der Waals surface area contributed by atoms with E-state index in [1.165, 1.54) is 0 Å². The maximum Gasteiger partial charge on any atom is 0.108 e. The highest BCUT2D eigenvalue weighted by Gasteiger charge is 2.22.